The van der Waals surface area contributed by atoms with Gasteiger partial charge in [-0.15, -0.1) is 0 Å². The highest BCUT2D eigenvalue weighted by molar-refractivity contribution is 7.89. The Balaban J connectivity index is 1.78. The van der Waals surface area contributed by atoms with Gasteiger partial charge in [0.2, 0.25) is 15.9 Å². The highest BCUT2D eigenvalue weighted by Crippen LogP contribution is 2.27. The van der Waals surface area contributed by atoms with Gasteiger partial charge in [0.1, 0.15) is 11.6 Å². The predicted molar refractivity (Wildman–Crippen MR) is 131 cm³/mol. The zero-order valence-electron chi connectivity index (χ0n) is 18.5. The van der Waals surface area contributed by atoms with Crippen molar-refractivity contribution in [2.45, 2.75) is 37.6 Å². The van der Waals surface area contributed by atoms with Crippen molar-refractivity contribution in [1.82, 2.24) is 19.5 Å². The number of nitrogens with zero attached hydrogens (tertiary/aromatic N) is 3. The van der Waals surface area contributed by atoms with E-state index in [4.69, 9.17) is 23.2 Å². The minimum absolute atomic E-state index is 0.0157. The first-order chi connectivity index (χ1) is 16.1. The summed E-state index contributed by atoms with van der Waals surface area (Å²) < 4.78 is 29.6. The monoisotopic (exact) mass is 523 g/mol. The molecule has 0 unspecified atom stereocenters. The van der Waals surface area contributed by atoms with Gasteiger partial charge >= 0.3 is 0 Å². The third-order valence-electron chi connectivity index (χ3n) is 4.84. The second-order valence-electron chi connectivity index (χ2n) is 7.69. The van der Waals surface area contributed by atoms with Crippen LogP contribution in [0.15, 0.2) is 58.5 Å². The molecule has 0 aliphatic carbocycles. The molecule has 3 rings (SSSR count). The van der Waals surface area contributed by atoms with Crippen molar-refractivity contribution in [3.8, 4) is 0 Å². The summed E-state index contributed by atoms with van der Waals surface area (Å²) in [6.07, 6.45) is 3.24. The van der Waals surface area contributed by atoms with Crippen LogP contribution in [0.3, 0.4) is 0 Å². The van der Waals surface area contributed by atoms with Crippen LogP contribution in [-0.2, 0) is 27.8 Å². The average molecular weight is 524 g/mol. The lowest BCUT2D eigenvalue weighted by Gasteiger charge is -2.16. The number of halogens is 2. The van der Waals surface area contributed by atoms with Crippen LogP contribution in [0.1, 0.15) is 31.0 Å². The molecule has 2 aromatic heterocycles. The zero-order valence-corrected chi connectivity index (χ0v) is 20.8. The summed E-state index contributed by atoms with van der Waals surface area (Å²) in [6, 6.07) is 10.1. The van der Waals surface area contributed by atoms with Crippen molar-refractivity contribution in [3.63, 3.8) is 0 Å². The molecule has 0 saturated heterocycles. The Morgan fingerprint density at radius 2 is 1.94 bits per heavy atom. The van der Waals surface area contributed by atoms with E-state index in [9.17, 15) is 18.0 Å². The lowest BCUT2D eigenvalue weighted by Crippen LogP contribution is -2.30. The number of carbonyl (C=O) groups is 1. The number of amides is 1. The van der Waals surface area contributed by atoms with E-state index < -0.39 is 28.0 Å². The molecule has 9 nitrogen and oxygen atoms in total. The van der Waals surface area contributed by atoms with Crippen LogP contribution in [0.2, 0.25) is 10.0 Å². The van der Waals surface area contributed by atoms with E-state index in [1.165, 1.54) is 6.07 Å². The molecule has 0 atom stereocenters. The standard InChI is InChI=1S/C22H23Cl2N5O4S/c1-14(2)17-7-6-16(28-20(30)13-29-22(31)21(24)18(23)12-26-29)11-19(17)34(32,33)27-10-8-15-5-3-4-9-25-15/h3-7,9,11-12,14,27H,8,10,13H2,1-2H3,(H,28,30). The van der Waals surface area contributed by atoms with Crippen molar-refractivity contribution in [3.05, 3.63) is 80.4 Å². The maximum atomic E-state index is 13.1. The second-order valence-corrected chi connectivity index (χ2v) is 10.2. The lowest BCUT2D eigenvalue weighted by molar-refractivity contribution is -0.117. The second kappa shape index (κ2) is 11.1. The van der Waals surface area contributed by atoms with Gasteiger partial charge in [0, 0.05) is 30.5 Å². The SMILES string of the molecule is CC(C)c1ccc(NC(=O)Cn2ncc(Cl)c(Cl)c2=O)cc1S(=O)(=O)NCCc1ccccn1. The number of hydrogen-bond donors (Lipinski definition) is 2. The summed E-state index contributed by atoms with van der Waals surface area (Å²) in [6.45, 7) is 3.50. The molecule has 2 N–H and O–H groups in total. The number of pyridine rings is 1. The fourth-order valence-electron chi connectivity index (χ4n) is 3.15. The van der Waals surface area contributed by atoms with E-state index >= 15 is 0 Å². The Bertz CT molecular complexity index is 1350. The Morgan fingerprint density at radius 1 is 1.18 bits per heavy atom. The summed E-state index contributed by atoms with van der Waals surface area (Å²) in [5.74, 6) is -0.664. The van der Waals surface area contributed by atoms with Crippen LogP contribution in [0.5, 0.6) is 0 Å². The first-order valence-electron chi connectivity index (χ1n) is 10.3. The highest BCUT2D eigenvalue weighted by Gasteiger charge is 2.21. The molecule has 0 radical (unpaired) electrons. The van der Waals surface area contributed by atoms with Gasteiger partial charge in [-0.1, -0.05) is 49.2 Å². The summed E-state index contributed by atoms with van der Waals surface area (Å²) in [4.78, 5) is 28.8. The molecule has 0 bridgehead atoms. The predicted octanol–water partition coefficient (Wildman–Crippen LogP) is 3.23. The number of rotatable bonds is 9. The molecule has 180 valence electrons. The van der Waals surface area contributed by atoms with Crippen molar-refractivity contribution in [1.29, 1.82) is 0 Å². The molecule has 34 heavy (non-hydrogen) atoms. The number of carbonyl (C=O) groups excluding carboxylic acids is 1. The molecule has 3 aromatic rings. The minimum atomic E-state index is -3.87. The first-order valence-corrected chi connectivity index (χ1v) is 12.6. The smallest absolute Gasteiger partial charge is 0.287 e. The number of anilines is 1. The third-order valence-corrected chi connectivity index (χ3v) is 7.11. The first kappa shape index (κ1) is 25.8. The van der Waals surface area contributed by atoms with Gasteiger partial charge in [0.25, 0.3) is 5.56 Å². The van der Waals surface area contributed by atoms with Gasteiger partial charge in [-0.2, -0.15) is 5.10 Å². The van der Waals surface area contributed by atoms with E-state index in [-0.39, 0.29) is 33.1 Å². The summed E-state index contributed by atoms with van der Waals surface area (Å²) in [5.41, 5.74) is 0.916. The number of aromatic nitrogens is 3. The number of benzene rings is 1. The molecule has 0 spiro atoms. The van der Waals surface area contributed by atoms with Crippen molar-refractivity contribution in [2.24, 2.45) is 0 Å². The maximum Gasteiger partial charge on any atom is 0.287 e. The van der Waals surface area contributed by atoms with Gasteiger partial charge in [0.15, 0.2) is 0 Å². The van der Waals surface area contributed by atoms with E-state index in [0.717, 1.165) is 16.6 Å². The molecular formula is C22H23Cl2N5O4S. The topological polar surface area (TPSA) is 123 Å². The van der Waals surface area contributed by atoms with Crippen molar-refractivity contribution >= 4 is 44.8 Å². The molecule has 0 fully saturated rings. The Hall–Kier alpha value is -2.79. The van der Waals surface area contributed by atoms with Gasteiger partial charge in [-0.05, 0) is 35.7 Å². The fraction of sp³-hybridized carbons (Fsp3) is 0.273. The Labute approximate surface area is 207 Å². The molecule has 0 saturated carbocycles. The number of sulfonamides is 1. The van der Waals surface area contributed by atoms with Crippen molar-refractivity contribution < 1.29 is 13.2 Å². The van der Waals surface area contributed by atoms with Gasteiger partial charge in [0.05, 0.1) is 16.1 Å². The highest BCUT2D eigenvalue weighted by atomic mass is 35.5. The lowest BCUT2D eigenvalue weighted by atomic mass is 10.0. The van der Waals surface area contributed by atoms with Gasteiger partial charge in [-0.3, -0.25) is 14.6 Å². The van der Waals surface area contributed by atoms with E-state index in [1.54, 1.807) is 24.4 Å². The molecule has 2 heterocycles. The van der Waals surface area contributed by atoms with Gasteiger partial charge < -0.3 is 5.32 Å². The van der Waals surface area contributed by atoms with Gasteiger partial charge in [-0.25, -0.2) is 17.8 Å². The Morgan fingerprint density at radius 3 is 2.62 bits per heavy atom. The summed E-state index contributed by atoms with van der Waals surface area (Å²) in [5, 5.41) is 6.13. The summed E-state index contributed by atoms with van der Waals surface area (Å²) in [7, 11) is -3.87. The molecule has 1 aromatic carbocycles. The minimum Gasteiger partial charge on any atom is -0.324 e. The van der Waals surface area contributed by atoms with E-state index in [2.05, 4.69) is 20.1 Å². The normalized spacial score (nSPS) is 11.6. The summed E-state index contributed by atoms with van der Waals surface area (Å²) >= 11 is 11.6. The molecule has 0 aliphatic heterocycles. The average Bonchev–Trinajstić information content (AvgIpc) is 2.80. The van der Waals surface area contributed by atoms with Crippen LogP contribution in [-0.4, -0.2) is 35.6 Å². The molecule has 12 heteroatoms. The quantitative estimate of drug-likeness (QED) is 0.443. The van der Waals surface area contributed by atoms with E-state index in [1.807, 2.05) is 26.0 Å². The largest absolute Gasteiger partial charge is 0.324 e. The number of nitrogens with one attached hydrogen (secondary N) is 2. The van der Waals surface area contributed by atoms with Crippen molar-refractivity contribution in [2.75, 3.05) is 11.9 Å². The molecule has 0 aliphatic rings. The molecular weight excluding hydrogens is 501 g/mol. The molecule has 1 amide bonds. The number of hydrogen-bond acceptors (Lipinski definition) is 6. The fourth-order valence-corrected chi connectivity index (χ4v) is 4.85. The van der Waals surface area contributed by atoms with Crippen LogP contribution in [0, 0.1) is 0 Å². The maximum absolute atomic E-state index is 13.1. The van der Waals surface area contributed by atoms with E-state index in [0.29, 0.717) is 12.0 Å². The third kappa shape index (κ3) is 6.41. The zero-order chi connectivity index (χ0) is 24.9. The van der Waals surface area contributed by atoms with Crippen LogP contribution in [0.25, 0.3) is 0 Å². The van der Waals surface area contributed by atoms with Crippen LogP contribution >= 0.6 is 23.2 Å². The Kier molecular flexibility index (Phi) is 8.42. The van der Waals surface area contributed by atoms with Crippen LogP contribution < -0.4 is 15.6 Å². The van der Waals surface area contributed by atoms with Crippen LogP contribution in [0.4, 0.5) is 5.69 Å².